The lowest BCUT2D eigenvalue weighted by Crippen LogP contribution is -2.47. The van der Waals surface area contributed by atoms with Gasteiger partial charge in [0, 0.05) is 18.4 Å². The number of carboxylic acids is 1. The highest BCUT2D eigenvalue weighted by molar-refractivity contribution is 5.85. The molecule has 0 bridgehead atoms. The van der Waals surface area contributed by atoms with Crippen LogP contribution in [0.4, 0.5) is 4.79 Å². The van der Waals surface area contributed by atoms with Crippen molar-refractivity contribution < 1.29 is 24.2 Å². The van der Waals surface area contributed by atoms with E-state index in [1.807, 2.05) is 51.1 Å². The van der Waals surface area contributed by atoms with E-state index in [4.69, 9.17) is 4.74 Å². The van der Waals surface area contributed by atoms with Gasteiger partial charge in [0.05, 0.1) is 0 Å². The molecule has 1 fully saturated rings. The zero-order chi connectivity index (χ0) is 20.7. The third kappa shape index (κ3) is 7.21. The Labute approximate surface area is 165 Å². The molecule has 1 atom stereocenters. The number of carbonyl (C=O) groups excluding carboxylic acids is 2. The molecule has 0 spiro atoms. The molecule has 0 aliphatic heterocycles. The largest absolute Gasteiger partial charge is 0.480 e. The van der Waals surface area contributed by atoms with Gasteiger partial charge in [0.1, 0.15) is 11.6 Å². The second-order valence-electron chi connectivity index (χ2n) is 8.28. The number of nitrogens with one attached hydrogen (secondary N) is 2. The van der Waals surface area contributed by atoms with Gasteiger partial charge in [-0.3, -0.25) is 4.79 Å². The van der Waals surface area contributed by atoms with Gasteiger partial charge in [-0.25, -0.2) is 9.59 Å². The van der Waals surface area contributed by atoms with Crippen LogP contribution in [0.2, 0.25) is 0 Å². The third-order valence-corrected chi connectivity index (χ3v) is 4.72. The monoisotopic (exact) mass is 390 g/mol. The highest BCUT2D eigenvalue weighted by atomic mass is 16.6. The fourth-order valence-electron chi connectivity index (χ4n) is 3.31. The van der Waals surface area contributed by atoms with E-state index >= 15 is 0 Å². The molecule has 1 aliphatic carbocycles. The highest BCUT2D eigenvalue weighted by Crippen LogP contribution is 2.25. The molecule has 0 radical (unpaired) electrons. The lowest BCUT2D eigenvalue weighted by atomic mass is 9.85. The first-order valence-electron chi connectivity index (χ1n) is 9.70. The first-order valence-corrected chi connectivity index (χ1v) is 9.70. The van der Waals surface area contributed by atoms with E-state index in [0.717, 1.165) is 5.56 Å². The van der Waals surface area contributed by atoms with Gasteiger partial charge >= 0.3 is 12.1 Å². The van der Waals surface area contributed by atoms with Gasteiger partial charge in [-0.15, -0.1) is 0 Å². The molecule has 28 heavy (non-hydrogen) atoms. The molecule has 3 N–H and O–H groups in total. The predicted octanol–water partition coefficient (Wildman–Crippen LogP) is 2.88. The van der Waals surface area contributed by atoms with Crippen LogP contribution in [0.3, 0.4) is 0 Å². The number of carboxylic acid groups (broad SMARTS) is 1. The minimum absolute atomic E-state index is 0.0292. The van der Waals surface area contributed by atoms with Crippen molar-refractivity contribution in [2.45, 2.75) is 70.6 Å². The number of carbonyl (C=O) groups is 3. The Kier molecular flexibility index (Phi) is 7.43. The number of aliphatic carboxylic acids is 1. The van der Waals surface area contributed by atoms with Gasteiger partial charge in [-0.05, 0) is 52.0 Å². The summed E-state index contributed by atoms with van der Waals surface area (Å²) in [5, 5.41) is 15.0. The first kappa shape index (κ1) is 21.7. The van der Waals surface area contributed by atoms with Gasteiger partial charge in [0.15, 0.2) is 0 Å². The normalized spacial score (nSPS) is 20.7. The summed E-state index contributed by atoms with van der Waals surface area (Å²) in [5.41, 5.74) is 0.312. The number of alkyl carbamates (subject to hydrolysis) is 1. The quantitative estimate of drug-likeness (QED) is 0.693. The minimum Gasteiger partial charge on any atom is -0.480 e. The van der Waals surface area contributed by atoms with Crippen LogP contribution in [0, 0.1) is 5.92 Å². The fraction of sp³-hybridized carbons (Fsp3) is 0.571. The summed E-state index contributed by atoms with van der Waals surface area (Å²) in [7, 11) is 0. The molecular formula is C21H30N2O5. The standard InChI is InChI=1S/C21H30N2O5/c1-21(2,3)28-20(27)22-16-11-9-15(10-12-16)18(24)23-17(19(25)26)13-14-7-5-4-6-8-14/h4-8,15-17H,9-13H2,1-3H3,(H,22,27)(H,23,24)(H,25,26). The first-order chi connectivity index (χ1) is 13.1. The average Bonchev–Trinajstić information content (AvgIpc) is 2.60. The van der Waals surface area contributed by atoms with Crippen LogP contribution in [-0.2, 0) is 20.7 Å². The Morgan fingerprint density at radius 3 is 2.25 bits per heavy atom. The second kappa shape index (κ2) is 9.57. The SMILES string of the molecule is CC(C)(C)OC(=O)NC1CCC(C(=O)NC(Cc2ccccc2)C(=O)O)CC1. The Hall–Kier alpha value is -2.57. The Morgan fingerprint density at radius 2 is 1.71 bits per heavy atom. The average molecular weight is 390 g/mol. The van der Waals surface area contributed by atoms with Crippen molar-refractivity contribution in [3.8, 4) is 0 Å². The summed E-state index contributed by atoms with van der Waals surface area (Å²) < 4.78 is 5.26. The van der Waals surface area contributed by atoms with Crippen LogP contribution < -0.4 is 10.6 Å². The van der Waals surface area contributed by atoms with E-state index in [-0.39, 0.29) is 24.3 Å². The van der Waals surface area contributed by atoms with Crippen LogP contribution in [0.1, 0.15) is 52.0 Å². The zero-order valence-electron chi connectivity index (χ0n) is 16.7. The maximum Gasteiger partial charge on any atom is 0.407 e. The molecule has 154 valence electrons. The molecule has 0 heterocycles. The molecule has 1 saturated carbocycles. The lowest BCUT2D eigenvalue weighted by molar-refractivity contribution is -0.142. The van der Waals surface area contributed by atoms with Crippen molar-refractivity contribution >= 4 is 18.0 Å². The molecule has 1 aliphatic rings. The maximum atomic E-state index is 12.5. The van der Waals surface area contributed by atoms with Gasteiger partial charge in [0.25, 0.3) is 0 Å². The van der Waals surface area contributed by atoms with Crippen molar-refractivity contribution in [3.05, 3.63) is 35.9 Å². The Bertz CT molecular complexity index is 676. The van der Waals surface area contributed by atoms with Crippen LogP contribution in [0.15, 0.2) is 30.3 Å². The summed E-state index contributed by atoms with van der Waals surface area (Å²) in [6, 6.07) is 8.25. The second-order valence-corrected chi connectivity index (χ2v) is 8.28. The van der Waals surface area contributed by atoms with Crippen LogP contribution in [0.5, 0.6) is 0 Å². The number of hydrogen-bond donors (Lipinski definition) is 3. The molecule has 7 nitrogen and oxygen atoms in total. The van der Waals surface area contributed by atoms with Gasteiger partial charge in [-0.1, -0.05) is 30.3 Å². The molecule has 1 aromatic rings. The molecule has 1 aromatic carbocycles. The van der Waals surface area contributed by atoms with E-state index in [0.29, 0.717) is 25.7 Å². The van der Waals surface area contributed by atoms with Crippen molar-refractivity contribution in [1.29, 1.82) is 0 Å². The van der Waals surface area contributed by atoms with E-state index in [9.17, 15) is 19.5 Å². The summed E-state index contributed by atoms with van der Waals surface area (Å²) >= 11 is 0. The number of amides is 2. The van der Waals surface area contributed by atoms with Gasteiger partial charge < -0.3 is 20.5 Å². The molecule has 7 heteroatoms. The van der Waals surface area contributed by atoms with Crippen LogP contribution in [0.25, 0.3) is 0 Å². The van der Waals surface area contributed by atoms with E-state index in [1.54, 1.807) is 0 Å². The van der Waals surface area contributed by atoms with Crippen molar-refractivity contribution in [3.63, 3.8) is 0 Å². The molecule has 2 amide bonds. The topological polar surface area (TPSA) is 105 Å². The summed E-state index contributed by atoms with van der Waals surface area (Å²) in [6.07, 6.45) is 2.32. The summed E-state index contributed by atoms with van der Waals surface area (Å²) in [5.74, 6) is -1.52. The molecule has 1 unspecified atom stereocenters. The van der Waals surface area contributed by atoms with Gasteiger partial charge in [-0.2, -0.15) is 0 Å². The number of hydrogen-bond acceptors (Lipinski definition) is 4. The molecule has 0 aromatic heterocycles. The van der Waals surface area contributed by atoms with E-state index in [1.165, 1.54) is 0 Å². The number of benzene rings is 1. The maximum absolute atomic E-state index is 12.5. The molecule has 0 saturated heterocycles. The van der Waals surface area contributed by atoms with E-state index in [2.05, 4.69) is 10.6 Å². The summed E-state index contributed by atoms with van der Waals surface area (Å²) in [6.45, 7) is 5.42. The fourth-order valence-corrected chi connectivity index (χ4v) is 3.31. The third-order valence-electron chi connectivity index (χ3n) is 4.72. The Morgan fingerprint density at radius 1 is 1.11 bits per heavy atom. The highest BCUT2D eigenvalue weighted by Gasteiger charge is 2.30. The van der Waals surface area contributed by atoms with Crippen LogP contribution in [-0.4, -0.2) is 40.8 Å². The zero-order valence-corrected chi connectivity index (χ0v) is 16.7. The van der Waals surface area contributed by atoms with Crippen molar-refractivity contribution in [2.24, 2.45) is 5.92 Å². The summed E-state index contributed by atoms with van der Waals surface area (Å²) in [4.78, 5) is 35.9. The molecular weight excluding hydrogens is 360 g/mol. The van der Waals surface area contributed by atoms with Crippen molar-refractivity contribution in [2.75, 3.05) is 0 Å². The van der Waals surface area contributed by atoms with Crippen molar-refractivity contribution in [1.82, 2.24) is 10.6 Å². The Balaban J connectivity index is 1.81. The smallest absolute Gasteiger partial charge is 0.407 e. The van der Waals surface area contributed by atoms with Crippen LogP contribution >= 0.6 is 0 Å². The number of ether oxygens (including phenoxy) is 1. The number of rotatable bonds is 6. The lowest BCUT2D eigenvalue weighted by Gasteiger charge is -2.30. The minimum atomic E-state index is -1.04. The predicted molar refractivity (Wildman–Crippen MR) is 105 cm³/mol. The van der Waals surface area contributed by atoms with Gasteiger partial charge in [0.2, 0.25) is 5.91 Å². The van der Waals surface area contributed by atoms with E-state index < -0.39 is 23.7 Å². The molecule has 2 rings (SSSR count).